The Kier molecular flexibility index (Phi) is 23.3. The van der Waals surface area contributed by atoms with Crippen LogP contribution in [0.25, 0.3) is 0 Å². The number of aromatic amines is 1. The number of rotatable bonds is 32. The Bertz CT molecular complexity index is 1780. The Morgan fingerprint density at radius 2 is 1.70 bits per heavy atom. The van der Waals surface area contributed by atoms with Gasteiger partial charge in [0.2, 0.25) is 23.6 Å². The van der Waals surface area contributed by atoms with Crippen LogP contribution in [-0.2, 0) is 64.7 Å². The number of carbonyl (C=O) groups is 6. The first kappa shape index (κ1) is 53.0. The van der Waals surface area contributed by atoms with Gasteiger partial charge in [-0.3, -0.25) is 37.8 Å². The van der Waals surface area contributed by atoms with Crippen molar-refractivity contribution in [3.8, 4) is 0 Å². The molecule has 4 amide bonds. The van der Waals surface area contributed by atoms with Crippen LogP contribution in [0.15, 0.2) is 42.9 Å². The molecule has 20 heteroatoms. The van der Waals surface area contributed by atoms with Crippen molar-refractivity contribution in [1.29, 1.82) is 0 Å². The van der Waals surface area contributed by atoms with Crippen LogP contribution < -0.4 is 16.4 Å². The number of hydrogen-bond acceptors (Lipinski definition) is 13. The number of methoxy groups -OCH3 is 1. The molecule has 1 unspecified atom stereocenters. The van der Waals surface area contributed by atoms with Gasteiger partial charge >= 0.3 is 7.82 Å². The number of nitrogens with one attached hydrogen (secondary N) is 3. The zero-order valence-corrected chi connectivity index (χ0v) is 37.8. The number of nitrogens with two attached hydrogens (primary N) is 1. The number of Topliss-reactive ketones (excluding diaryl/α,β-unsaturated/α-hetero) is 2. The van der Waals surface area contributed by atoms with E-state index in [1.807, 2.05) is 44.2 Å². The lowest BCUT2D eigenvalue weighted by Crippen LogP contribution is -2.52. The average molecular weight is 907 g/mol. The summed E-state index contributed by atoms with van der Waals surface area (Å²) in [5.74, 6) is -6.44. The number of imidazole rings is 1. The second-order valence-corrected chi connectivity index (χ2v) is 17.7. The van der Waals surface area contributed by atoms with Crippen molar-refractivity contribution >= 4 is 43.0 Å². The van der Waals surface area contributed by atoms with Crippen LogP contribution in [0.3, 0.4) is 0 Å². The number of benzene rings is 1. The number of amides is 4. The quantitative estimate of drug-likeness (QED) is 0.0455. The molecule has 1 aliphatic heterocycles. The molecule has 63 heavy (non-hydrogen) atoms. The highest BCUT2D eigenvalue weighted by molar-refractivity contribution is 7.47. The second kappa shape index (κ2) is 27.7. The molecular formula is C43H67N6O13P. The summed E-state index contributed by atoms with van der Waals surface area (Å²) in [5.41, 5.74) is 7.25. The lowest BCUT2D eigenvalue weighted by Gasteiger charge is -2.28. The number of aliphatic hydroxyl groups excluding tert-OH is 1. The first-order chi connectivity index (χ1) is 30.0. The molecule has 7 N–H and O–H groups in total. The van der Waals surface area contributed by atoms with Crippen molar-refractivity contribution in [2.75, 3.05) is 46.7 Å². The third kappa shape index (κ3) is 19.1. The van der Waals surface area contributed by atoms with Gasteiger partial charge in [0.15, 0.2) is 11.6 Å². The van der Waals surface area contributed by atoms with E-state index in [9.17, 15) is 43.3 Å². The number of ketones is 2. The van der Waals surface area contributed by atoms with Gasteiger partial charge in [-0.1, -0.05) is 50.6 Å². The minimum atomic E-state index is -4.68. The number of phosphoric acid groups is 1. The summed E-state index contributed by atoms with van der Waals surface area (Å²) in [5, 5.41) is 15.6. The van der Waals surface area contributed by atoms with Crippen LogP contribution in [0.2, 0.25) is 0 Å². The van der Waals surface area contributed by atoms with Crippen LogP contribution >= 0.6 is 7.82 Å². The van der Waals surface area contributed by atoms with E-state index in [0.717, 1.165) is 19.3 Å². The fourth-order valence-corrected chi connectivity index (χ4v) is 8.31. The van der Waals surface area contributed by atoms with E-state index in [2.05, 4.69) is 20.6 Å². The van der Waals surface area contributed by atoms with Gasteiger partial charge < -0.3 is 45.7 Å². The fourth-order valence-electron chi connectivity index (χ4n) is 7.32. The number of H-pyrrole nitrogens is 1. The van der Waals surface area contributed by atoms with E-state index >= 15 is 0 Å². The number of ether oxygens (including phenoxy) is 2. The molecule has 7 atom stereocenters. The third-order valence-corrected chi connectivity index (χ3v) is 11.9. The molecule has 2 aromatic rings. The molecule has 1 fully saturated rings. The van der Waals surface area contributed by atoms with Crippen molar-refractivity contribution < 1.29 is 61.9 Å². The van der Waals surface area contributed by atoms with E-state index in [-0.39, 0.29) is 50.7 Å². The van der Waals surface area contributed by atoms with Crippen LogP contribution in [0.5, 0.6) is 0 Å². The summed E-state index contributed by atoms with van der Waals surface area (Å²) >= 11 is 0. The topological polar surface area (TPSA) is 279 Å². The number of carbonyl (C=O) groups excluding carboxylic acids is 6. The van der Waals surface area contributed by atoms with Crippen molar-refractivity contribution in [2.45, 2.75) is 116 Å². The molecule has 19 nitrogen and oxygen atoms in total. The first-order valence-corrected chi connectivity index (χ1v) is 23.1. The van der Waals surface area contributed by atoms with Gasteiger partial charge in [0.25, 0.3) is 0 Å². The molecule has 0 spiro atoms. The van der Waals surface area contributed by atoms with Crippen LogP contribution in [0.4, 0.5) is 0 Å². The van der Waals surface area contributed by atoms with Crippen molar-refractivity contribution in [1.82, 2.24) is 25.5 Å². The zero-order chi connectivity index (χ0) is 46.4. The highest BCUT2D eigenvalue weighted by Crippen LogP contribution is 2.46. The number of likely N-dealkylation sites (tertiary alicyclic amines) is 1. The predicted molar refractivity (Wildman–Crippen MR) is 230 cm³/mol. The summed E-state index contributed by atoms with van der Waals surface area (Å²) in [6, 6.07) is 6.52. The average Bonchev–Trinajstić information content (AvgIpc) is 3.95. The summed E-state index contributed by atoms with van der Waals surface area (Å²) in [7, 11) is -3.13. The smallest absolute Gasteiger partial charge is 0.394 e. The molecule has 0 aliphatic carbocycles. The van der Waals surface area contributed by atoms with Gasteiger partial charge in [-0.25, -0.2) is 9.55 Å². The maximum atomic E-state index is 14.0. The Morgan fingerprint density at radius 1 is 0.968 bits per heavy atom. The molecule has 1 aromatic carbocycles. The van der Waals surface area contributed by atoms with Gasteiger partial charge in [-0.2, -0.15) is 0 Å². The summed E-state index contributed by atoms with van der Waals surface area (Å²) in [4.78, 5) is 99.3. The number of primary amides is 1. The second-order valence-electron chi connectivity index (χ2n) is 16.3. The molecule has 1 saturated heterocycles. The van der Waals surface area contributed by atoms with E-state index in [1.165, 1.54) is 29.9 Å². The Labute approximate surface area is 369 Å². The van der Waals surface area contributed by atoms with Crippen LogP contribution in [0.1, 0.15) is 89.8 Å². The normalized spacial score (nSPS) is 17.3. The lowest BCUT2D eigenvalue weighted by molar-refractivity contribution is -0.140. The SMILES string of the molecule is COCCOCCC(=O)N1CCC[C@H]1C(=O)N[C@@H](CC(C)C)C(=O)C[C@@H](Cc1cnc[nH]1)C(=O)N[C@@H](CO)C(=O)C[C@H](C(N)=O)[C@@H](C)OP(=O)(O)OCCCCCc1ccccc1. The minimum Gasteiger partial charge on any atom is -0.394 e. The van der Waals surface area contributed by atoms with Gasteiger partial charge in [-0.15, -0.1) is 0 Å². The van der Waals surface area contributed by atoms with Crippen LogP contribution in [0, 0.1) is 17.8 Å². The summed E-state index contributed by atoms with van der Waals surface area (Å²) < 4.78 is 33.4. The molecule has 0 saturated carbocycles. The molecule has 1 aliphatic rings. The van der Waals surface area contributed by atoms with Crippen molar-refractivity contribution in [3.63, 3.8) is 0 Å². The maximum Gasteiger partial charge on any atom is 0.472 e. The molecule has 0 radical (unpaired) electrons. The van der Waals surface area contributed by atoms with Gasteiger partial charge in [-0.05, 0) is 56.9 Å². The fraction of sp³-hybridized carbons (Fsp3) is 0.651. The molecule has 0 bridgehead atoms. The summed E-state index contributed by atoms with van der Waals surface area (Å²) in [6.45, 7) is 5.32. The highest BCUT2D eigenvalue weighted by atomic mass is 31.2. The Hall–Kier alpha value is -4.36. The number of hydrogen-bond donors (Lipinski definition) is 6. The van der Waals surface area contributed by atoms with E-state index in [1.54, 1.807) is 7.11 Å². The molecule has 2 heterocycles. The number of unbranched alkanes of at least 4 members (excludes halogenated alkanes) is 2. The largest absolute Gasteiger partial charge is 0.472 e. The maximum absolute atomic E-state index is 14.0. The molecule has 352 valence electrons. The van der Waals surface area contributed by atoms with Gasteiger partial charge in [0, 0.05) is 44.8 Å². The van der Waals surface area contributed by atoms with Crippen molar-refractivity contribution in [3.05, 3.63) is 54.1 Å². The number of aryl methyl sites for hydroxylation is 1. The van der Waals surface area contributed by atoms with Crippen molar-refractivity contribution in [2.24, 2.45) is 23.5 Å². The number of nitrogens with zero attached hydrogens (tertiary/aromatic N) is 2. The summed E-state index contributed by atoms with van der Waals surface area (Å²) in [6.07, 6.45) is 4.62. The van der Waals surface area contributed by atoms with E-state index < -0.39 is 86.2 Å². The Balaban J connectivity index is 1.63. The standard InChI is InChI=1S/C43H67N6O13P/c1-29(2)22-35(47-43(56)37-15-11-17-49(37)40(53)16-19-60-21-20-59-4)38(51)24-32(23-33-26-45-28-46-33)42(55)48-36(27-50)39(52)25-34(41(44)54)30(3)62-63(57,58)61-18-10-6-9-14-31-12-7-5-8-13-31/h5,7-8,12-13,26,28-30,32,34-37,50H,6,9-11,14-25,27H2,1-4H3,(H2,44,54)(H,45,46)(H,47,56)(H,48,55)(H,57,58)/t30-,32-,34+,35+,36+,37+/m1/s1. The van der Waals surface area contributed by atoms with E-state index in [0.29, 0.717) is 44.7 Å². The van der Waals surface area contributed by atoms with E-state index in [4.69, 9.17) is 24.3 Å². The first-order valence-electron chi connectivity index (χ1n) is 21.6. The predicted octanol–water partition coefficient (Wildman–Crippen LogP) is 2.58. The lowest BCUT2D eigenvalue weighted by atomic mass is 9.89. The molecule has 1 aromatic heterocycles. The third-order valence-electron chi connectivity index (χ3n) is 10.8. The molecule has 3 rings (SSSR count). The molecular weight excluding hydrogens is 839 g/mol. The van der Waals surface area contributed by atoms with Crippen LogP contribution in [-0.4, -0.2) is 131 Å². The number of aromatic nitrogens is 2. The Morgan fingerprint density at radius 3 is 2.35 bits per heavy atom. The highest BCUT2D eigenvalue weighted by Gasteiger charge is 2.38. The number of aliphatic hydroxyl groups is 1. The zero-order valence-electron chi connectivity index (χ0n) is 36.9. The van der Waals surface area contributed by atoms with Gasteiger partial charge in [0.1, 0.15) is 12.1 Å². The van der Waals surface area contributed by atoms with Gasteiger partial charge in [0.05, 0.1) is 69.8 Å². The minimum absolute atomic E-state index is 0.0305. The monoisotopic (exact) mass is 906 g/mol. The number of phosphoric ester groups is 1.